The van der Waals surface area contributed by atoms with E-state index in [9.17, 15) is 17.6 Å². The van der Waals surface area contributed by atoms with Crippen LogP contribution < -0.4 is 0 Å². The van der Waals surface area contributed by atoms with Crippen molar-refractivity contribution < 1.29 is 17.6 Å². The molecule has 3 aromatic rings. The zero-order valence-corrected chi connectivity index (χ0v) is 20.6. The smallest absolute Gasteiger partial charge is 0.267 e. The average molecular weight is 504 g/mol. The number of rotatable bonds is 7. The van der Waals surface area contributed by atoms with E-state index in [4.69, 9.17) is 0 Å². The van der Waals surface area contributed by atoms with Gasteiger partial charge in [-0.25, -0.2) is 9.37 Å². The second-order valence-electron chi connectivity index (χ2n) is 8.24. The van der Waals surface area contributed by atoms with Crippen LogP contribution in [0.2, 0.25) is 0 Å². The molecule has 8 nitrogen and oxygen atoms in total. The highest BCUT2D eigenvalue weighted by molar-refractivity contribution is 7.98. The van der Waals surface area contributed by atoms with Crippen molar-refractivity contribution in [3.63, 3.8) is 0 Å². The molecule has 0 spiro atoms. The van der Waals surface area contributed by atoms with Gasteiger partial charge < -0.3 is 0 Å². The van der Waals surface area contributed by atoms with Gasteiger partial charge in [0.05, 0.1) is 0 Å². The molecule has 11 heteroatoms. The van der Waals surface area contributed by atoms with Crippen molar-refractivity contribution in [3.8, 4) is 0 Å². The van der Waals surface area contributed by atoms with Gasteiger partial charge in [0.25, 0.3) is 16.1 Å². The maximum absolute atomic E-state index is 13.3. The number of halogens is 1. The zero-order chi connectivity index (χ0) is 24.3. The Morgan fingerprint density at radius 1 is 1.15 bits per heavy atom. The van der Waals surface area contributed by atoms with Gasteiger partial charge in [0.2, 0.25) is 0 Å². The number of benzene rings is 2. The molecule has 180 valence electrons. The molecule has 0 saturated carbocycles. The lowest BCUT2D eigenvalue weighted by Crippen LogP contribution is -2.45. The normalized spacial score (nSPS) is 17.2. The predicted octanol–water partition coefficient (Wildman–Crippen LogP) is 3.38. The summed E-state index contributed by atoms with van der Waals surface area (Å²) >= 11 is 1.33. The summed E-state index contributed by atoms with van der Waals surface area (Å²) in [6.07, 6.45) is 1.40. The van der Waals surface area contributed by atoms with Crippen molar-refractivity contribution >= 4 is 27.9 Å². The number of piperidine rings is 1. The van der Waals surface area contributed by atoms with Crippen molar-refractivity contribution in [2.75, 3.05) is 27.2 Å². The summed E-state index contributed by atoms with van der Waals surface area (Å²) in [7, 11) is -0.535. The van der Waals surface area contributed by atoms with E-state index in [1.165, 1.54) is 51.3 Å². The van der Waals surface area contributed by atoms with Crippen molar-refractivity contribution in [1.29, 1.82) is 0 Å². The van der Waals surface area contributed by atoms with Gasteiger partial charge in [0, 0.05) is 44.4 Å². The molecule has 1 saturated heterocycles. The molecule has 0 radical (unpaired) electrons. The average Bonchev–Trinajstić information content (AvgIpc) is 3.28. The van der Waals surface area contributed by atoms with Crippen LogP contribution in [-0.2, 0) is 16.0 Å². The third kappa shape index (κ3) is 5.38. The van der Waals surface area contributed by atoms with E-state index in [0.29, 0.717) is 35.3 Å². The van der Waals surface area contributed by atoms with Crippen LogP contribution >= 0.6 is 11.8 Å². The van der Waals surface area contributed by atoms with Gasteiger partial charge in [0.1, 0.15) is 5.82 Å². The summed E-state index contributed by atoms with van der Waals surface area (Å²) in [5, 5.41) is 4.96. The van der Waals surface area contributed by atoms with Gasteiger partial charge in [-0.3, -0.25) is 4.79 Å². The molecule has 0 amide bonds. The maximum atomic E-state index is 13.3. The van der Waals surface area contributed by atoms with E-state index in [0.717, 1.165) is 12.0 Å². The number of carbonyl (C=O) groups is 1. The molecule has 1 aliphatic rings. The summed E-state index contributed by atoms with van der Waals surface area (Å²) < 4.78 is 42.4. The Labute approximate surface area is 203 Å². The number of thioether (sulfide) groups is 1. The van der Waals surface area contributed by atoms with Gasteiger partial charge in [-0.2, -0.15) is 21.7 Å². The molecular weight excluding hydrogens is 477 g/mol. The minimum Gasteiger partial charge on any atom is -0.267 e. The largest absolute Gasteiger partial charge is 0.281 e. The molecule has 0 N–H and O–H groups in total. The Bertz CT molecular complexity index is 1250. The van der Waals surface area contributed by atoms with E-state index in [-0.39, 0.29) is 24.2 Å². The fraction of sp³-hybridized carbons (Fsp3) is 0.348. The first kappa shape index (κ1) is 24.5. The highest BCUT2D eigenvalue weighted by atomic mass is 32.2. The Kier molecular flexibility index (Phi) is 7.46. The lowest BCUT2D eigenvalue weighted by molar-refractivity contribution is 0.0932. The van der Waals surface area contributed by atoms with Crippen molar-refractivity contribution in [3.05, 3.63) is 77.4 Å². The Hall–Kier alpha value is -2.60. The molecule has 1 aliphatic heterocycles. The molecule has 1 atom stereocenters. The molecule has 1 unspecified atom stereocenters. The third-order valence-corrected chi connectivity index (χ3v) is 8.53. The van der Waals surface area contributed by atoms with Crippen LogP contribution in [0.1, 0.15) is 40.5 Å². The standard InChI is InChI=1S/C23H26FN5O3S2/c1-27(2)34(31,32)28-14-6-9-19(15-28)21-25-23(33-16-17-10-12-20(24)13-11-17)29(26-21)22(30)18-7-4-3-5-8-18/h3-5,7-8,10-13,19H,6,9,14-16H2,1-2H3. The molecule has 4 rings (SSSR count). The van der Waals surface area contributed by atoms with Crippen LogP contribution in [0.5, 0.6) is 0 Å². The third-order valence-electron chi connectivity index (χ3n) is 5.63. The number of nitrogens with zero attached hydrogens (tertiary/aromatic N) is 5. The molecule has 1 aromatic heterocycles. The van der Waals surface area contributed by atoms with E-state index in [1.807, 2.05) is 6.07 Å². The van der Waals surface area contributed by atoms with Crippen molar-refractivity contribution in [1.82, 2.24) is 23.4 Å². The Morgan fingerprint density at radius 2 is 1.85 bits per heavy atom. The molecule has 0 aliphatic carbocycles. The van der Waals surface area contributed by atoms with Gasteiger partial charge in [-0.15, -0.1) is 5.10 Å². The topological polar surface area (TPSA) is 88.4 Å². The van der Waals surface area contributed by atoms with Gasteiger partial charge in [-0.1, -0.05) is 42.1 Å². The van der Waals surface area contributed by atoms with Gasteiger partial charge in [0.15, 0.2) is 11.0 Å². The summed E-state index contributed by atoms with van der Waals surface area (Å²) in [4.78, 5) is 17.9. The van der Waals surface area contributed by atoms with Gasteiger partial charge >= 0.3 is 0 Å². The van der Waals surface area contributed by atoms with E-state index in [1.54, 1.807) is 36.4 Å². The van der Waals surface area contributed by atoms with Crippen LogP contribution in [0, 0.1) is 5.82 Å². The summed E-state index contributed by atoms with van der Waals surface area (Å²) in [5.41, 5.74) is 1.36. The molecular formula is C23H26FN5O3S2. The van der Waals surface area contributed by atoms with E-state index in [2.05, 4.69) is 10.1 Å². The van der Waals surface area contributed by atoms with Crippen LogP contribution in [0.3, 0.4) is 0 Å². The van der Waals surface area contributed by atoms with E-state index >= 15 is 0 Å². The number of aromatic nitrogens is 3. The maximum Gasteiger partial charge on any atom is 0.281 e. The second-order valence-corrected chi connectivity index (χ2v) is 11.3. The first-order chi connectivity index (χ1) is 16.3. The number of carbonyl (C=O) groups excluding carboxylic acids is 1. The second kappa shape index (κ2) is 10.3. The number of hydrogen-bond acceptors (Lipinski definition) is 6. The molecule has 0 bridgehead atoms. The quantitative estimate of drug-likeness (QED) is 0.460. The predicted molar refractivity (Wildman–Crippen MR) is 128 cm³/mol. The summed E-state index contributed by atoms with van der Waals surface area (Å²) in [6.45, 7) is 0.693. The minimum absolute atomic E-state index is 0.224. The monoisotopic (exact) mass is 503 g/mol. The van der Waals surface area contributed by atoms with E-state index < -0.39 is 10.2 Å². The molecule has 1 fully saturated rings. The lowest BCUT2D eigenvalue weighted by Gasteiger charge is -2.32. The van der Waals surface area contributed by atoms with Crippen LogP contribution in [0.15, 0.2) is 59.8 Å². The first-order valence-corrected chi connectivity index (χ1v) is 13.3. The van der Waals surface area contributed by atoms with Crippen LogP contribution in [0.4, 0.5) is 4.39 Å². The number of hydrogen-bond donors (Lipinski definition) is 0. The Balaban J connectivity index is 1.63. The Morgan fingerprint density at radius 3 is 2.53 bits per heavy atom. The highest BCUT2D eigenvalue weighted by Gasteiger charge is 2.33. The fourth-order valence-electron chi connectivity index (χ4n) is 3.74. The van der Waals surface area contributed by atoms with Crippen molar-refractivity contribution in [2.24, 2.45) is 0 Å². The fourth-order valence-corrected chi connectivity index (χ4v) is 5.82. The van der Waals surface area contributed by atoms with Gasteiger partial charge in [-0.05, 0) is 42.7 Å². The minimum atomic E-state index is -3.55. The summed E-state index contributed by atoms with van der Waals surface area (Å²) in [6, 6.07) is 15.0. The summed E-state index contributed by atoms with van der Waals surface area (Å²) in [5.74, 6) is 0.0808. The van der Waals surface area contributed by atoms with Crippen LogP contribution in [0.25, 0.3) is 0 Å². The SMILES string of the molecule is CN(C)S(=O)(=O)N1CCCC(c2nc(SCc3ccc(F)cc3)n(C(=O)c3ccccc3)n2)C1. The molecule has 2 heterocycles. The van der Waals surface area contributed by atoms with Crippen molar-refractivity contribution in [2.45, 2.75) is 29.7 Å². The molecule has 2 aromatic carbocycles. The highest BCUT2D eigenvalue weighted by Crippen LogP contribution is 2.30. The lowest BCUT2D eigenvalue weighted by atomic mass is 9.99. The first-order valence-electron chi connectivity index (χ1n) is 10.9. The molecule has 34 heavy (non-hydrogen) atoms. The zero-order valence-electron chi connectivity index (χ0n) is 19.0. The van der Waals surface area contributed by atoms with Crippen LogP contribution in [-0.4, -0.2) is 64.9 Å².